The average Bonchev–Trinajstić information content (AvgIpc) is 2.75. The van der Waals surface area contributed by atoms with Crippen molar-refractivity contribution in [3.63, 3.8) is 0 Å². The lowest BCUT2D eigenvalue weighted by Crippen LogP contribution is -2.59. The number of anilines is 3. The lowest BCUT2D eigenvalue weighted by atomic mass is 9.35. The van der Waals surface area contributed by atoms with Gasteiger partial charge in [-0.1, -0.05) is 223 Å². The Bertz CT molecular complexity index is 4720. The summed E-state index contributed by atoms with van der Waals surface area (Å²) in [5.41, 5.74) is 27.8. The molecule has 0 amide bonds. The third kappa shape index (κ3) is 6.08. The third-order valence-electron chi connectivity index (χ3n) is 18.4. The molecular formula is C75H56BN3S. The van der Waals surface area contributed by atoms with Crippen molar-refractivity contribution in [2.75, 3.05) is 4.90 Å². The topological polar surface area (TPSA) is 13.1 Å². The summed E-state index contributed by atoms with van der Waals surface area (Å²) < 4.78 is 5.29. The maximum absolute atomic E-state index is 2.66. The van der Waals surface area contributed by atoms with E-state index in [4.69, 9.17) is 0 Å². The number of hydrogen-bond acceptors (Lipinski definition) is 2. The predicted molar refractivity (Wildman–Crippen MR) is 339 cm³/mol. The molecule has 0 N–H and O–H groups in total. The van der Waals surface area contributed by atoms with Gasteiger partial charge in [0.15, 0.2) is 0 Å². The minimum atomic E-state index is -0.455. The van der Waals surface area contributed by atoms with Crippen molar-refractivity contribution in [2.45, 2.75) is 67.6 Å². The van der Waals surface area contributed by atoms with Gasteiger partial charge in [0.25, 0.3) is 0 Å². The van der Waals surface area contributed by atoms with Crippen molar-refractivity contribution in [1.29, 1.82) is 0 Å². The summed E-state index contributed by atoms with van der Waals surface area (Å²) in [5, 5.41) is 5.12. The second-order valence-electron chi connectivity index (χ2n) is 24.8. The molecule has 2 aliphatic heterocycles. The van der Waals surface area contributed by atoms with E-state index >= 15 is 0 Å². The molecular weight excluding hydrogens is 986 g/mol. The minimum absolute atomic E-state index is 0.0577. The van der Waals surface area contributed by atoms with E-state index < -0.39 is 5.41 Å². The minimum Gasteiger partial charge on any atom is -0.310 e. The average molecular weight is 1040 g/mol. The highest BCUT2D eigenvalue weighted by Crippen LogP contribution is 2.63. The fraction of sp³-hybridized carbons (Fsp3) is 0.120. The Morgan fingerprint density at radius 2 is 0.925 bits per heavy atom. The molecule has 0 saturated heterocycles. The predicted octanol–water partition coefficient (Wildman–Crippen LogP) is 17.6. The Balaban J connectivity index is 1.03. The molecule has 80 heavy (non-hydrogen) atoms. The first-order chi connectivity index (χ1) is 39.0. The van der Waals surface area contributed by atoms with Crippen LogP contribution in [0.25, 0.3) is 77.2 Å². The molecule has 4 heterocycles. The van der Waals surface area contributed by atoms with E-state index in [0.717, 1.165) is 17.1 Å². The van der Waals surface area contributed by atoms with Gasteiger partial charge in [-0.25, -0.2) is 0 Å². The standard InChI is InChI=1S/C75H56BN3S/c1-73(2,3)45-37-46(74(4,5)6)39-49(38-45)78-64-35-21-16-30-54(64)57-43-63-72-69(71(57)78)55-31-17-22-36-65(55)79(72)66-40-50(77(47-23-9-7-10-24-47)48-25-11-8-12-26-48)41-68-70(66)76(63)62-42-56-53-29-15-20-34-60(53)75(61(56)44-67(62)80-68)58-32-18-13-27-51(58)52-28-14-19-33-59(52)75/h7-44H,1-6H3. The number of fused-ring (bicyclic) bond motifs is 21. The lowest BCUT2D eigenvalue weighted by Gasteiger charge is -2.36. The van der Waals surface area contributed by atoms with E-state index in [-0.39, 0.29) is 17.5 Å². The van der Waals surface area contributed by atoms with Gasteiger partial charge in [-0.05, 0) is 144 Å². The Morgan fingerprint density at radius 3 is 1.52 bits per heavy atom. The van der Waals surface area contributed by atoms with Crippen molar-refractivity contribution in [1.82, 2.24) is 9.13 Å². The molecule has 0 radical (unpaired) electrons. The molecule has 1 spiro atoms. The highest BCUT2D eigenvalue weighted by Gasteiger charge is 2.53. The quantitative estimate of drug-likeness (QED) is 0.163. The Morgan fingerprint density at radius 1 is 0.400 bits per heavy atom. The monoisotopic (exact) mass is 1040 g/mol. The van der Waals surface area contributed by atoms with Gasteiger partial charge in [-0.3, -0.25) is 0 Å². The SMILES string of the molecule is CC(C)(C)c1cc(-n2c3ccccc3c3cc4c5c(c6ccccc6n5-c5cc(N(c6ccccc6)c6ccccc6)cc6c5B4c4cc5c(cc4S6)C4(c6ccccc6-c6ccccc64)c4ccccc4-5)c32)cc(C(C)(C)C)c1. The summed E-state index contributed by atoms with van der Waals surface area (Å²) in [6.07, 6.45) is 0. The molecule has 0 bridgehead atoms. The van der Waals surface area contributed by atoms with Crippen molar-refractivity contribution >= 4 is 95.5 Å². The van der Waals surface area contributed by atoms with Gasteiger partial charge in [-0.15, -0.1) is 0 Å². The first kappa shape index (κ1) is 46.2. The van der Waals surface area contributed by atoms with Crippen LogP contribution < -0.4 is 21.3 Å². The second kappa shape index (κ2) is 16.2. The molecule has 5 heteroatoms. The molecule has 0 atom stereocenters. The smallest absolute Gasteiger partial charge is 0.249 e. The molecule has 0 unspecified atom stereocenters. The number of para-hydroxylation sites is 4. The van der Waals surface area contributed by atoms with Crippen molar-refractivity contribution in [2.24, 2.45) is 0 Å². The van der Waals surface area contributed by atoms with Gasteiger partial charge in [0.2, 0.25) is 6.71 Å². The van der Waals surface area contributed by atoms with Gasteiger partial charge in [0.1, 0.15) is 0 Å². The van der Waals surface area contributed by atoms with Crippen LogP contribution in [0.2, 0.25) is 0 Å². The maximum Gasteiger partial charge on any atom is 0.249 e. The van der Waals surface area contributed by atoms with Crippen LogP contribution in [0.3, 0.4) is 0 Å². The second-order valence-corrected chi connectivity index (χ2v) is 25.9. The molecule has 2 aromatic heterocycles. The van der Waals surface area contributed by atoms with Gasteiger partial charge in [0, 0.05) is 59.8 Å². The number of nitrogens with zero attached hydrogens (tertiary/aromatic N) is 3. The van der Waals surface area contributed by atoms with E-state index in [0.29, 0.717) is 0 Å². The summed E-state index contributed by atoms with van der Waals surface area (Å²) in [5.74, 6) is 0. The van der Waals surface area contributed by atoms with Crippen molar-refractivity contribution in [3.8, 4) is 33.6 Å². The Hall–Kier alpha value is -8.77. The van der Waals surface area contributed by atoms with E-state index in [1.165, 1.54) is 137 Å². The Kier molecular flexibility index (Phi) is 9.34. The summed E-state index contributed by atoms with van der Waals surface area (Å²) in [7, 11) is 0. The third-order valence-corrected chi connectivity index (χ3v) is 19.5. The van der Waals surface area contributed by atoms with E-state index in [1.807, 2.05) is 11.8 Å². The summed E-state index contributed by atoms with van der Waals surface area (Å²) in [4.78, 5) is 5.06. The number of benzene rings is 11. The van der Waals surface area contributed by atoms with E-state index in [1.54, 1.807) is 0 Å². The number of hydrogen-bond donors (Lipinski definition) is 0. The van der Waals surface area contributed by atoms with Crippen LogP contribution in [0.5, 0.6) is 0 Å². The number of rotatable bonds is 4. The van der Waals surface area contributed by atoms with Crippen LogP contribution in [0, 0.1) is 0 Å². The molecule has 2 aliphatic carbocycles. The van der Waals surface area contributed by atoms with Crippen LogP contribution in [-0.4, -0.2) is 15.8 Å². The van der Waals surface area contributed by atoms with Crippen LogP contribution in [-0.2, 0) is 16.2 Å². The van der Waals surface area contributed by atoms with Gasteiger partial charge < -0.3 is 14.0 Å². The van der Waals surface area contributed by atoms with E-state index in [2.05, 4.69) is 286 Å². The summed E-state index contributed by atoms with van der Waals surface area (Å²) >= 11 is 1.96. The fourth-order valence-electron chi connectivity index (χ4n) is 14.9. The molecule has 13 aromatic rings. The molecule has 380 valence electrons. The first-order valence-electron chi connectivity index (χ1n) is 28.4. The summed E-state index contributed by atoms with van der Waals surface area (Å²) in [6, 6.07) is 88.3. The zero-order valence-electron chi connectivity index (χ0n) is 45.8. The zero-order valence-corrected chi connectivity index (χ0v) is 46.6. The van der Waals surface area contributed by atoms with E-state index in [9.17, 15) is 0 Å². The fourth-order valence-corrected chi connectivity index (χ4v) is 16.1. The maximum atomic E-state index is 2.66. The summed E-state index contributed by atoms with van der Waals surface area (Å²) in [6.45, 7) is 14.0. The number of aromatic nitrogens is 2. The lowest BCUT2D eigenvalue weighted by molar-refractivity contribution is 0.568. The molecule has 0 fully saturated rings. The molecule has 17 rings (SSSR count). The van der Waals surface area contributed by atoms with Crippen molar-refractivity contribution in [3.05, 3.63) is 264 Å². The van der Waals surface area contributed by atoms with Gasteiger partial charge in [-0.2, -0.15) is 0 Å². The molecule has 3 nitrogen and oxygen atoms in total. The zero-order chi connectivity index (χ0) is 53.6. The molecule has 11 aromatic carbocycles. The first-order valence-corrected chi connectivity index (χ1v) is 29.2. The van der Waals surface area contributed by atoms with Gasteiger partial charge >= 0.3 is 0 Å². The largest absolute Gasteiger partial charge is 0.310 e. The molecule has 4 aliphatic rings. The van der Waals surface area contributed by atoms with Crippen LogP contribution in [0.1, 0.15) is 74.9 Å². The normalized spacial score (nSPS) is 14.2. The highest BCUT2D eigenvalue weighted by atomic mass is 32.2. The van der Waals surface area contributed by atoms with Crippen LogP contribution in [0.4, 0.5) is 17.1 Å². The Labute approximate surface area is 471 Å². The highest BCUT2D eigenvalue weighted by molar-refractivity contribution is 8.00. The van der Waals surface area contributed by atoms with Gasteiger partial charge in [0.05, 0.1) is 27.5 Å². The van der Waals surface area contributed by atoms with Crippen molar-refractivity contribution < 1.29 is 0 Å². The molecule has 0 saturated carbocycles. The van der Waals surface area contributed by atoms with Crippen LogP contribution >= 0.6 is 11.8 Å². The van der Waals surface area contributed by atoms with Crippen LogP contribution in [0.15, 0.2) is 240 Å².